The quantitative estimate of drug-likeness (QED) is 0.898. The van der Waals surface area contributed by atoms with Crippen molar-refractivity contribution < 1.29 is 0 Å². The van der Waals surface area contributed by atoms with E-state index in [0.29, 0.717) is 5.92 Å². The molecule has 0 amide bonds. The van der Waals surface area contributed by atoms with Crippen LogP contribution in [0.2, 0.25) is 0 Å². The third kappa shape index (κ3) is 2.32. The van der Waals surface area contributed by atoms with E-state index < -0.39 is 0 Å². The van der Waals surface area contributed by atoms with Gasteiger partial charge in [0.05, 0.1) is 5.69 Å². The molecule has 0 aromatic carbocycles. The second kappa shape index (κ2) is 5.12. The number of pyridine rings is 1. The molecule has 0 aliphatic rings. The van der Waals surface area contributed by atoms with Gasteiger partial charge in [-0.3, -0.25) is 4.98 Å². The van der Waals surface area contributed by atoms with Crippen molar-refractivity contribution in [1.29, 1.82) is 0 Å². The van der Waals surface area contributed by atoms with Crippen LogP contribution in [-0.2, 0) is 0 Å². The van der Waals surface area contributed by atoms with Crippen LogP contribution in [0.15, 0.2) is 24.5 Å². The van der Waals surface area contributed by atoms with E-state index in [4.69, 9.17) is 0 Å². The van der Waals surface area contributed by atoms with Crippen LogP contribution in [0.25, 0.3) is 11.3 Å². The van der Waals surface area contributed by atoms with Crippen molar-refractivity contribution in [2.75, 3.05) is 12.4 Å². The lowest BCUT2D eigenvalue weighted by atomic mass is 10.1. The summed E-state index contributed by atoms with van der Waals surface area (Å²) in [6, 6.07) is 3.94. The van der Waals surface area contributed by atoms with Gasteiger partial charge >= 0.3 is 0 Å². The number of hydrogen-bond donors (Lipinski definition) is 1. The molecule has 0 bridgehead atoms. The van der Waals surface area contributed by atoms with Gasteiger partial charge in [-0.25, -0.2) is 9.97 Å². The number of rotatable bonds is 3. The zero-order valence-corrected chi connectivity index (χ0v) is 11.2. The minimum Gasteiger partial charge on any atom is -0.373 e. The SMILES string of the molecule is CNc1nc(C(C)C)nc(-c2ccncc2)c1C. The monoisotopic (exact) mass is 242 g/mol. The van der Waals surface area contributed by atoms with Crippen LogP contribution < -0.4 is 5.32 Å². The highest BCUT2D eigenvalue weighted by molar-refractivity contribution is 5.67. The molecule has 0 radical (unpaired) electrons. The van der Waals surface area contributed by atoms with Crippen LogP contribution in [0.1, 0.15) is 31.2 Å². The van der Waals surface area contributed by atoms with Gasteiger partial charge in [-0.2, -0.15) is 0 Å². The number of nitrogens with one attached hydrogen (secondary N) is 1. The molecule has 0 unspecified atom stereocenters. The molecule has 0 saturated carbocycles. The van der Waals surface area contributed by atoms with Crippen molar-refractivity contribution in [3.8, 4) is 11.3 Å². The molecule has 4 nitrogen and oxygen atoms in total. The Morgan fingerprint density at radius 3 is 2.33 bits per heavy atom. The van der Waals surface area contributed by atoms with E-state index in [1.807, 2.05) is 26.1 Å². The average Bonchev–Trinajstić information content (AvgIpc) is 2.39. The van der Waals surface area contributed by atoms with Crippen molar-refractivity contribution >= 4 is 5.82 Å². The van der Waals surface area contributed by atoms with Gasteiger partial charge in [-0.15, -0.1) is 0 Å². The Morgan fingerprint density at radius 2 is 1.78 bits per heavy atom. The molecule has 4 heteroatoms. The first-order valence-corrected chi connectivity index (χ1v) is 6.10. The molecule has 0 aliphatic carbocycles. The summed E-state index contributed by atoms with van der Waals surface area (Å²) in [7, 11) is 1.88. The van der Waals surface area contributed by atoms with Crippen molar-refractivity contribution in [2.24, 2.45) is 0 Å². The number of nitrogens with zero attached hydrogens (tertiary/aromatic N) is 3. The van der Waals surface area contributed by atoms with Crippen LogP contribution in [-0.4, -0.2) is 22.0 Å². The van der Waals surface area contributed by atoms with Gasteiger partial charge in [0, 0.05) is 36.5 Å². The fourth-order valence-electron chi connectivity index (χ4n) is 1.83. The van der Waals surface area contributed by atoms with Gasteiger partial charge in [0.2, 0.25) is 0 Å². The van der Waals surface area contributed by atoms with Gasteiger partial charge in [-0.05, 0) is 19.1 Å². The first-order chi connectivity index (χ1) is 8.63. The van der Waals surface area contributed by atoms with E-state index in [-0.39, 0.29) is 0 Å². The van der Waals surface area contributed by atoms with E-state index in [1.54, 1.807) is 12.4 Å². The first kappa shape index (κ1) is 12.5. The Bertz CT molecular complexity index is 535. The van der Waals surface area contributed by atoms with Crippen LogP contribution in [0.3, 0.4) is 0 Å². The smallest absolute Gasteiger partial charge is 0.133 e. The van der Waals surface area contributed by atoms with E-state index in [9.17, 15) is 0 Å². The van der Waals surface area contributed by atoms with E-state index in [1.165, 1.54) is 0 Å². The van der Waals surface area contributed by atoms with Crippen LogP contribution in [0.5, 0.6) is 0 Å². The molecule has 1 N–H and O–H groups in total. The summed E-state index contributed by atoms with van der Waals surface area (Å²) in [6.07, 6.45) is 3.57. The topological polar surface area (TPSA) is 50.7 Å². The summed E-state index contributed by atoms with van der Waals surface area (Å²) < 4.78 is 0. The highest BCUT2D eigenvalue weighted by Crippen LogP contribution is 2.26. The molecule has 0 saturated heterocycles. The highest BCUT2D eigenvalue weighted by Gasteiger charge is 2.13. The molecule has 0 fully saturated rings. The number of aromatic nitrogens is 3. The third-order valence-corrected chi connectivity index (χ3v) is 2.87. The minimum atomic E-state index is 0.304. The van der Waals surface area contributed by atoms with Gasteiger partial charge in [-0.1, -0.05) is 13.8 Å². The lowest BCUT2D eigenvalue weighted by Crippen LogP contribution is -2.06. The molecule has 94 valence electrons. The highest BCUT2D eigenvalue weighted by atomic mass is 15.0. The maximum Gasteiger partial charge on any atom is 0.133 e. The predicted molar refractivity (Wildman–Crippen MR) is 73.6 cm³/mol. The molecule has 2 rings (SSSR count). The van der Waals surface area contributed by atoms with Gasteiger partial charge < -0.3 is 5.32 Å². The number of hydrogen-bond acceptors (Lipinski definition) is 4. The normalized spacial score (nSPS) is 10.7. The first-order valence-electron chi connectivity index (χ1n) is 6.10. The summed E-state index contributed by atoms with van der Waals surface area (Å²) in [5.41, 5.74) is 3.11. The van der Waals surface area contributed by atoms with E-state index in [2.05, 4.69) is 34.1 Å². The summed E-state index contributed by atoms with van der Waals surface area (Å²) >= 11 is 0. The molecule has 2 aromatic rings. The molecular weight excluding hydrogens is 224 g/mol. The molecule has 0 atom stereocenters. The van der Waals surface area contributed by atoms with Crippen molar-refractivity contribution in [3.05, 3.63) is 35.9 Å². The standard InChI is InChI=1S/C14H18N4/c1-9(2)13-17-12(10(3)14(15-4)18-13)11-5-7-16-8-6-11/h5-9H,1-4H3,(H,15,17,18). The number of anilines is 1. The fraction of sp³-hybridized carbons (Fsp3) is 0.357. The minimum absolute atomic E-state index is 0.304. The Morgan fingerprint density at radius 1 is 1.11 bits per heavy atom. The van der Waals surface area contributed by atoms with Crippen molar-refractivity contribution in [3.63, 3.8) is 0 Å². The van der Waals surface area contributed by atoms with Gasteiger partial charge in [0.1, 0.15) is 11.6 Å². The van der Waals surface area contributed by atoms with E-state index in [0.717, 1.165) is 28.5 Å². The van der Waals surface area contributed by atoms with Crippen LogP contribution in [0, 0.1) is 6.92 Å². The van der Waals surface area contributed by atoms with E-state index >= 15 is 0 Å². The fourth-order valence-corrected chi connectivity index (χ4v) is 1.83. The summed E-state index contributed by atoms with van der Waals surface area (Å²) in [6.45, 7) is 6.23. The maximum absolute atomic E-state index is 4.67. The third-order valence-electron chi connectivity index (χ3n) is 2.87. The predicted octanol–water partition coefficient (Wildman–Crippen LogP) is 3.01. The molecule has 0 spiro atoms. The summed E-state index contributed by atoms with van der Waals surface area (Å²) in [4.78, 5) is 13.3. The molecule has 18 heavy (non-hydrogen) atoms. The Hall–Kier alpha value is -1.97. The van der Waals surface area contributed by atoms with Crippen molar-refractivity contribution in [2.45, 2.75) is 26.7 Å². The zero-order chi connectivity index (χ0) is 13.1. The van der Waals surface area contributed by atoms with Crippen LogP contribution >= 0.6 is 0 Å². The second-order valence-electron chi connectivity index (χ2n) is 4.54. The Kier molecular flexibility index (Phi) is 3.55. The zero-order valence-electron chi connectivity index (χ0n) is 11.2. The lowest BCUT2D eigenvalue weighted by molar-refractivity contribution is 0.775. The summed E-state index contributed by atoms with van der Waals surface area (Å²) in [5, 5.41) is 3.13. The maximum atomic E-state index is 4.67. The molecule has 2 aromatic heterocycles. The lowest BCUT2D eigenvalue weighted by Gasteiger charge is -2.13. The van der Waals surface area contributed by atoms with Crippen molar-refractivity contribution in [1.82, 2.24) is 15.0 Å². The largest absolute Gasteiger partial charge is 0.373 e. The van der Waals surface area contributed by atoms with Gasteiger partial charge in [0.15, 0.2) is 0 Å². The second-order valence-corrected chi connectivity index (χ2v) is 4.54. The Labute approximate surface area is 108 Å². The molecular formula is C14H18N4. The molecule has 2 heterocycles. The molecule has 0 aliphatic heterocycles. The average molecular weight is 242 g/mol. The van der Waals surface area contributed by atoms with Crippen LogP contribution in [0.4, 0.5) is 5.82 Å². The Balaban J connectivity index is 2.62. The van der Waals surface area contributed by atoms with Gasteiger partial charge in [0.25, 0.3) is 0 Å². The summed E-state index contributed by atoms with van der Waals surface area (Å²) in [5.74, 6) is 2.05.